The molecule has 27 heavy (non-hydrogen) atoms. The second kappa shape index (κ2) is 11.0. The van der Waals surface area contributed by atoms with Crippen LogP contribution in [0, 0.1) is 0 Å². The third-order valence-electron chi connectivity index (χ3n) is 5.60. The highest BCUT2D eigenvalue weighted by Gasteiger charge is 2.31. The summed E-state index contributed by atoms with van der Waals surface area (Å²) in [5, 5.41) is 0. The summed E-state index contributed by atoms with van der Waals surface area (Å²) in [4.78, 5) is 4.57. The number of hydrogen-bond acceptors (Lipinski definition) is 8. The molecule has 0 N–H and O–H groups in total. The van der Waals surface area contributed by atoms with E-state index in [-0.39, 0.29) is 12.3 Å². The highest BCUT2D eigenvalue weighted by atomic mass is 127. The van der Waals surface area contributed by atoms with Crippen molar-refractivity contribution < 1.29 is 23.7 Å². The van der Waals surface area contributed by atoms with Crippen LogP contribution in [0.2, 0.25) is 0 Å². The lowest BCUT2D eigenvalue weighted by Crippen LogP contribution is -2.55. The third-order valence-corrected chi connectivity index (χ3v) is 6.87. The van der Waals surface area contributed by atoms with Crippen molar-refractivity contribution in [2.75, 3.05) is 80.0 Å². The number of likely N-dealkylation sites (N-methyl/N-ethyl adjacent to an activating group) is 2. The molecule has 8 nitrogen and oxygen atoms in total. The van der Waals surface area contributed by atoms with Gasteiger partial charge in [-0.15, -0.1) is 0 Å². The maximum absolute atomic E-state index is 6.15. The molecule has 3 aliphatic heterocycles. The normalized spacial score (nSPS) is 37.6. The summed E-state index contributed by atoms with van der Waals surface area (Å²) < 4.78 is 31.5. The van der Waals surface area contributed by atoms with Crippen molar-refractivity contribution in [3.8, 4) is 0 Å². The minimum absolute atomic E-state index is 0.0411. The number of nitrogens with zero attached hydrogens (tertiary/aromatic N) is 3. The average molecular weight is 499 g/mol. The molecule has 3 heterocycles. The summed E-state index contributed by atoms with van der Waals surface area (Å²) in [5.41, 5.74) is 0. The Hall–Kier alpha value is 0.410. The zero-order chi connectivity index (χ0) is 19.2. The van der Waals surface area contributed by atoms with E-state index >= 15 is 0 Å². The van der Waals surface area contributed by atoms with Crippen LogP contribution in [0.5, 0.6) is 0 Å². The quantitative estimate of drug-likeness (QED) is 0.370. The van der Waals surface area contributed by atoms with Gasteiger partial charge in [0, 0.05) is 36.0 Å². The van der Waals surface area contributed by atoms with Gasteiger partial charge >= 0.3 is 0 Å². The molecule has 0 spiro atoms. The summed E-state index contributed by atoms with van der Waals surface area (Å²) in [6.07, 6.45) is 0.260. The molecular weight excluding hydrogens is 465 g/mol. The molecule has 2 unspecified atom stereocenters. The highest BCUT2D eigenvalue weighted by Crippen LogP contribution is 2.17. The second-order valence-electron chi connectivity index (χ2n) is 7.77. The summed E-state index contributed by atoms with van der Waals surface area (Å²) in [7, 11) is 4.23. The van der Waals surface area contributed by atoms with Gasteiger partial charge in [0.25, 0.3) is 0 Å². The lowest BCUT2D eigenvalue weighted by molar-refractivity contribution is -0.174. The van der Waals surface area contributed by atoms with E-state index in [1.54, 1.807) is 0 Å². The van der Waals surface area contributed by atoms with Crippen LogP contribution in [-0.4, -0.2) is 123 Å². The zero-order valence-electron chi connectivity index (χ0n) is 16.7. The molecule has 0 aromatic rings. The SMILES string of the molecule is C[C@@H]1CN(C)C(COC[C@@H]2COCC(OC[C@@H]3COCCN3I)N2C)CO1. The van der Waals surface area contributed by atoms with Gasteiger partial charge in [-0.1, -0.05) is 0 Å². The molecule has 3 rings (SSSR count). The Morgan fingerprint density at radius 3 is 2.52 bits per heavy atom. The predicted molar refractivity (Wildman–Crippen MR) is 110 cm³/mol. The molecule has 9 heteroatoms. The topological polar surface area (TPSA) is 55.9 Å². The molecule has 3 aliphatic rings. The number of ether oxygens (including phenoxy) is 5. The van der Waals surface area contributed by atoms with Gasteiger partial charge in [-0.3, -0.25) is 9.80 Å². The van der Waals surface area contributed by atoms with Crippen LogP contribution in [0.15, 0.2) is 0 Å². The minimum atomic E-state index is -0.0411. The number of hydrogen-bond donors (Lipinski definition) is 0. The van der Waals surface area contributed by atoms with Crippen LogP contribution in [0.25, 0.3) is 0 Å². The van der Waals surface area contributed by atoms with E-state index in [2.05, 4.69) is 56.8 Å². The van der Waals surface area contributed by atoms with Gasteiger partial charge in [0.15, 0.2) is 0 Å². The summed E-state index contributed by atoms with van der Waals surface area (Å²) in [5.74, 6) is 0. The van der Waals surface area contributed by atoms with E-state index in [9.17, 15) is 0 Å². The first-order valence-electron chi connectivity index (χ1n) is 9.85. The zero-order valence-corrected chi connectivity index (χ0v) is 18.9. The number of halogens is 1. The molecule has 158 valence electrons. The van der Waals surface area contributed by atoms with Gasteiger partial charge in [0.1, 0.15) is 6.23 Å². The summed E-state index contributed by atoms with van der Waals surface area (Å²) >= 11 is 2.36. The average Bonchev–Trinajstić information content (AvgIpc) is 2.65. The molecule has 0 saturated carbocycles. The van der Waals surface area contributed by atoms with E-state index in [4.69, 9.17) is 23.7 Å². The molecule has 0 aromatic heterocycles. The van der Waals surface area contributed by atoms with E-state index in [1.165, 1.54) is 0 Å². The van der Waals surface area contributed by atoms with Crippen LogP contribution in [-0.2, 0) is 23.7 Å². The van der Waals surface area contributed by atoms with Crippen molar-refractivity contribution in [2.24, 2.45) is 0 Å². The Morgan fingerprint density at radius 2 is 1.74 bits per heavy atom. The molecular formula is C18H34IN3O5. The Kier molecular flexibility index (Phi) is 8.99. The fraction of sp³-hybridized carbons (Fsp3) is 1.00. The van der Waals surface area contributed by atoms with E-state index < -0.39 is 0 Å². The lowest BCUT2D eigenvalue weighted by Gasteiger charge is -2.40. The molecule has 0 radical (unpaired) electrons. The monoisotopic (exact) mass is 499 g/mol. The molecule has 0 amide bonds. The van der Waals surface area contributed by atoms with Crippen molar-refractivity contribution >= 4 is 22.9 Å². The first-order chi connectivity index (χ1) is 13.0. The largest absolute Gasteiger partial charge is 0.378 e. The summed E-state index contributed by atoms with van der Waals surface area (Å²) in [6, 6.07) is 0.827. The Bertz CT molecular complexity index is 449. The van der Waals surface area contributed by atoms with Crippen molar-refractivity contribution in [3.05, 3.63) is 0 Å². The van der Waals surface area contributed by atoms with Crippen LogP contribution in [0.3, 0.4) is 0 Å². The highest BCUT2D eigenvalue weighted by molar-refractivity contribution is 14.1. The van der Waals surface area contributed by atoms with Crippen molar-refractivity contribution in [3.63, 3.8) is 0 Å². The molecule has 5 atom stereocenters. The van der Waals surface area contributed by atoms with Gasteiger partial charge in [-0.2, -0.15) is 0 Å². The minimum Gasteiger partial charge on any atom is -0.378 e. The number of rotatable bonds is 7. The Balaban J connectivity index is 1.38. The van der Waals surface area contributed by atoms with Crippen LogP contribution in [0.4, 0.5) is 0 Å². The number of morpholine rings is 3. The van der Waals surface area contributed by atoms with Crippen molar-refractivity contribution in [2.45, 2.75) is 37.4 Å². The Morgan fingerprint density at radius 1 is 0.963 bits per heavy atom. The first-order valence-corrected chi connectivity index (χ1v) is 10.8. The van der Waals surface area contributed by atoms with Gasteiger partial charge in [-0.25, -0.2) is 3.11 Å². The summed E-state index contributed by atoms with van der Waals surface area (Å²) in [6.45, 7) is 9.51. The van der Waals surface area contributed by atoms with E-state index in [0.29, 0.717) is 51.2 Å². The molecule has 0 aromatic carbocycles. The molecule has 0 bridgehead atoms. The molecule has 0 aliphatic carbocycles. The first kappa shape index (κ1) is 22.1. The maximum Gasteiger partial charge on any atom is 0.134 e. The van der Waals surface area contributed by atoms with E-state index in [0.717, 1.165) is 32.9 Å². The molecule has 3 saturated heterocycles. The fourth-order valence-corrected chi connectivity index (χ4v) is 4.14. The predicted octanol–water partition coefficient (Wildman–Crippen LogP) is 0.446. The smallest absolute Gasteiger partial charge is 0.134 e. The van der Waals surface area contributed by atoms with Crippen molar-refractivity contribution in [1.82, 2.24) is 12.9 Å². The van der Waals surface area contributed by atoms with Crippen molar-refractivity contribution in [1.29, 1.82) is 0 Å². The van der Waals surface area contributed by atoms with Gasteiger partial charge in [-0.05, 0) is 21.0 Å². The third kappa shape index (κ3) is 6.45. The Labute approximate surface area is 176 Å². The lowest BCUT2D eigenvalue weighted by atomic mass is 10.2. The van der Waals surface area contributed by atoms with E-state index in [1.807, 2.05) is 0 Å². The fourth-order valence-electron chi connectivity index (χ4n) is 3.62. The molecule has 3 fully saturated rings. The van der Waals surface area contributed by atoms with Crippen LogP contribution >= 0.6 is 22.9 Å². The van der Waals surface area contributed by atoms with Gasteiger partial charge in [0.05, 0.1) is 77.1 Å². The van der Waals surface area contributed by atoms with Gasteiger partial charge < -0.3 is 23.7 Å². The standard InChI is InChI=1S/C18H34IN3O5/c1-14-6-20(2)15(11-26-14)7-24-8-16-9-25-13-18(21(16)3)27-12-17-10-23-5-4-22(17)19/h14-18H,4-13H2,1-3H3/t14-,15?,16-,17+,18?/m1/s1. The second-order valence-corrected chi connectivity index (χ2v) is 9.01. The maximum atomic E-state index is 6.15. The van der Waals surface area contributed by atoms with Crippen LogP contribution in [0.1, 0.15) is 6.92 Å². The van der Waals surface area contributed by atoms with Gasteiger partial charge in [0.2, 0.25) is 0 Å². The van der Waals surface area contributed by atoms with Crippen LogP contribution < -0.4 is 0 Å².